The Kier molecular flexibility index (Phi) is 3.15. The number of aromatic amines is 1. The van der Waals surface area contributed by atoms with Gasteiger partial charge in [0, 0.05) is 23.8 Å². The van der Waals surface area contributed by atoms with Crippen molar-refractivity contribution in [2.45, 2.75) is 50.3 Å². The zero-order valence-electron chi connectivity index (χ0n) is 11.0. The molecule has 0 spiro atoms. The number of aromatic nitrogens is 2. The number of aliphatic hydroxyl groups is 1. The third kappa shape index (κ3) is 2.42. The molecule has 0 atom stereocenters. The molecule has 106 valence electrons. The van der Waals surface area contributed by atoms with Crippen molar-refractivity contribution in [3.8, 4) is 0 Å². The minimum absolute atomic E-state index is 0.0000463. The number of nitrogens with one attached hydrogen (secondary N) is 1. The van der Waals surface area contributed by atoms with Gasteiger partial charge in [0.05, 0.1) is 6.61 Å². The molecule has 0 saturated heterocycles. The maximum atomic E-state index is 12.7. The normalized spacial score (nSPS) is 20.2. The molecule has 6 nitrogen and oxygen atoms in total. The highest BCUT2D eigenvalue weighted by Crippen LogP contribution is 2.38. The van der Waals surface area contributed by atoms with E-state index in [0.29, 0.717) is 23.7 Å². The molecular formula is C12H19N3O3S. The lowest BCUT2D eigenvalue weighted by molar-refractivity contribution is 0.277. The van der Waals surface area contributed by atoms with E-state index in [1.54, 1.807) is 11.2 Å². The fourth-order valence-electron chi connectivity index (χ4n) is 2.30. The summed E-state index contributed by atoms with van der Waals surface area (Å²) < 4.78 is 27.0. The van der Waals surface area contributed by atoms with Crippen LogP contribution in [0.4, 0.5) is 0 Å². The molecule has 2 N–H and O–H groups in total. The average Bonchev–Trinajstić information content (AvgIpc) is 3.24. The van der Waals surface area contributed by atoms with Crippen LogP contribution >= 0.6 is 0 Å². The van der Waals surface area contributed by atoms with E-state index < -0.39 is 10.0 Å². The zero-order chi connectivity index (χ0) is 13.6. The Bertz CT molecular complexity index is 573. The summed E-state index contributed by atoms with van der Waals surface area (Å²) in [5, 5.41) is 15.9. The van der Waals surface area contributed by atoms with Gasteiger partial charge in [0.25, 0.3) is 10.0 Å². The van der Waals surface area contributed by atoms with Crippen molar-refractivity contribution in [3.63, 3.8) is 0 Å². The highest BCUT2D eigenvalue weighted by Gasteiger charge is 2.42. The Labute approximate surface area is 112 Å². The predicted octanol–water partition coefficient (Wildman–Crippen LogP) is 0.774. The molecule has 1 aromatic heterocycles. The molecule has 2 aliphatic rings. The van der Waals surface area contributed by atoms with Gasteiger partial charge < -0.3 is 5.11 Å². The predicted molar refractivity (Wildman–Crippen MR) is 68.9 cm³/mol. The summed E-state index contributed by atoms with van der Waals surface area (Å²) in [6.45, 7) is 2.02. The van der Waals surface area contributed by atoms with Gasteiger partial charge in [-0.25, -0.2) is 8.42 Å². The summed E-state index contributed by atoms with van der Waals surface area (Å²) >= 11 is 0. The van der Waals surface area contributed by atoms with Crippen molar-refractivity contribution >= 4 is 10.0 Å². The van der Waals surface area contributed by atoms with E-state index >= 15 is 0 Å². The molecule has 0 radical (unpaired) electrons. The molecule has 2 aliphatic carbocycles. The van der Waals surface area contributed by atoms with E-state index in [-0.39, 0.29) is 17.7 Å². The van der Waals surface area contributed by atoms with Crippen LogP contribution in [0.1, 0.15) is 36.9 Å². The maximum Gasteiger partial charge on any atom is 0.263 e. The third-order valence-corrected chi connectivity index (χ3v) is 5.73. The van der Waals surface area contributed by atoms with E-state index in [1.165, 1.54) is 0 Å². The van der Waals surface area contributed by atoms with Crippen LogP contribution in [0.2, 0.25) is 0 Å². The van der Waals surface area contributed by atoms with Crippen LogP contribution in [-0.4, -0.2) is 40.6 Å². The van der Waals surface area contributed by atoms with Crippen LogP contribution in [0.5, 0.6) is 0 Å². The van der Waals surface area contributed by atoms with E-state index in [1.807, 2.05) is 0 Å². The Morgan fingerprint density at radius 3 is 2.58 bits per heavy atom. The molecule has 0 unspecified atom stereocenters. The van der Waals surface area contributed by atoms with Gasteiger partial charge >= 0.3 is 0 Å². The number of aliphatic hydroxyl groups excluding tert-OH is 1. The second-order valence-electron chi connectivity index (χ2n) is 5.54. The molecule has 0 bridgehead atoms. The molecule has 1 heterocycles. The van der Waals surface area contributed by atoms with E-state index in [4.69, 9.17) is 0 Å². The smallest absolute Gasteiger partial charge is 0.263 e. The van der Waals surface area contributed by atoms with Gasteiger partial charge in [0.15, 0.2) is 5.03 Å². The van der Waals surface area contributed by atoms with Gasteiger partial charge in [0.2, 0.25) is 0 Å². The van der Waals surface area contributed by atoms with Crippen LogP contribution in [0, 0.1) is 12.8 Å². The summed E-state index contributed by atoms with van der Waals surface area (Å²) in [7, 11) is -3.58. The Morgan fingerprint density at radius 1 is 1.37 bits per heavy atom. The van der Waals surface area contributed by atoms with Crippen LogP contribution < -0.4 is 0 Å². The van der Waals surface area contributed by atoms with Crippen molar-refractivity contribution in [1.29, 1.82) is 0 Å². The largest absolute Gasteiger partial charge is 0.392 e. The number of aryl methyl sites for hydroxylation is 1. The van der Waals surface area contributed by atoms with Gasteiger partial charge in [-0.05, 0) is 38.5 Å². The lowest BCUT2D eigenvalue weighted by Gasteiger charge is -2.20. The average molecular weight is 285 g/mol. The van der Waals surface area contributed by atoms with Crippen LogP contribution in [0.3, 0.4) is 0 Å². The number of hydrogen-bond donors (Lipinski definition) is 2. The summed E-state index contributed by atoms with van der Waals surface area (Å²) in [5.74, 6) is 0.507. The topological polar surface area (TPSA) is 86.3 Å². The van der Waals surface area contributed by atoms with Crippen molar-refractivity contribution < 1.29 is 13.5 Å². The summed E-state index contributed by atoms with van der Waals surface area (Å²) in [4.78, 5) is 0. The van der Waals surface area contributed by atoms with Crippen LogP contribution in [-0.2, 0) is 16.6 Å². The molecule has 1 aromatic rings. The molecule has 0 amide bonds. The maximum absolute atomic E-state index is 12.7. The number of hydrogen-bond acceptors (Lipinski definition) is 4. The molecule has 0 aromatic carbocycles. The molecule has 3 rings (SSSR count). The fourth-order valence-corrected chi connectivity index (χ4v) is 4.22. The summed E-state index contributed by atoms with van der Waals surface area (Å²) in [6, 6.07) is 0.133. The molecule has 19 heavy (non-hydrogen) atoms. The SMILES string of the molecule is Cc1[nH]nc(S(=O)(=O)N(CC2CC2)C2CC2)c1CO. The second-order valence-corrected chi connectivity index (χ2v) is 7.35. The summed E-state index contributed by atoms with van der Waals surface area (Å²) in [5.41, 5.74) is 1.00. The number of rotatable bonds is 6. The van der Waals surface area contributed by atoms with Crippen LogP contribution in [0.15, 0.2) is 5.03 Å². The van der Waals surface area contributed by atoms with E-state index in [9.17, 15) is 13.5 Å². The third-order valence-electron chi connectivity index (χ3n) is 3.84. The van der Waals surface area contributed by atoms with Crippen molar-refractivity contribution in [1.82, 2.24) is 14.5 Å². The Hall–Kier alpha value is -0.920. The lowest BCUT2D eigenvalue weighted by atomic mass is 10.3. The van der Waals surface area contributed by atoms with E-state index in [2.05, 4.69) is 10.2 Å². The van der Waals surface area contributed by atoms with Gasteiger partial charge in [-0.1, -0.05) is 0 Å². The molecule has 2 fully saturated rings. The highest BCUT2D eigenvalue weighted by molar-refractivity contribution is 7.89. The molecule has 2 saturated carbocycles. The van der Waals surface area contributed by atoms with Gasteiger partial charge in [-0.15, -0.1) is 0 Å². The zero-order valence-corrected chi connectivity index (χ0v) is 11.8. The standard InChI is InChI=1S/C12H19N3O3S/c1-8-11(7-16)12(14-13-8)19(17,18)15(10-4-5-10)6-9-2-3-9/h9-10,16H,2-7H2,1H3,(H,13,14). The minimum Gasteiger partial charge on any atom is -0.392 e. The summed E-state index contributed by atoms with van der Waals surface area (Å²) in [6.07, 6.45) is 4.10. The molecule has 7 heteroatoms. The lowest BCUT2D eigenvalue weighted by Crippen LogP contribution is -2.35. The fraction of sp³-hybridized carbons (Fsp3) is 0.750. The monoisotopic (exact) mass is 285 g/mol. The number of H-pyrrole nitrogens is 1. The van der Waals surface area contributed by atoms with Gasteiger partial charge in [-0.2, -0.15) is 9.40 Å². The van der Waals surface area contributed by atoms with Crippen molar-refractivity contribution in [3.05, 3.63) is 11.3 Å². The number of sulfonamides is 1. The Morgan fingerprint density at radius 2 is 2.05 bits per heavy atom. The Balaban J connectivity index is 1.94. The minimum atomic E-state index is -3.58. The van der Waals surface area contributed by atoms with Crippen LogP contribution in [0.25, 0.3) is 0 Å². The first-order valence-electron chi connectivity index (χ1n) is 6.70. The van der Waals surface area contributed by atoms with Gasteiger partial charge in [0.1, 0.15) is 0 Å². The van der Waals surface area contributed by atoms with E-state index in [0.717, 1.165) is 25.7 Å². The first-order valence-corrected chi connectivity index (χ1v) is 8.14. The molecule has 0 aliphatic heterocycles. The van der Waals surface area contributed by atoms with Gasteiger partial charge in [-0.3, -0.25) is 5.10 Å². The quantitative estimate of drug-likeness (QED) is 0.808. The highest BCUT2D eigenvalue weighted by atomic mass is 32.2. The first-order chi connectivity index (χ1) is 9.04. The van der Waals surface area contributed by atoms with Crippen molar-refractivity contribution in [2.75, 3.05) is 6.54 Å². The number of nitrogens with zero attached hydrogens (tertiary/aromatic N) is 2. The van der Waals surface area contributed by atoms with Crippen molar-refractivity contribution in [2.24, 2.45) is 5.92 Å². The second kappa shape index (κ2) is 4.57. The first kappa shape index (κ1) is 13.1. The molecular weight excluding hydrogens is 266 g/mol.